The van der Waals surface area contributed by atoms with E-state index in [4.69, 9.17) is 4.42 Å². The number of guanidine groups is 1. The zero-order valence-corrected chi connectivity index (χ0v) is 16.4. The quantitative estimate of drug-likeness (QED) is 0.553. The van der Waals surface area contributed by atoms with Crippen molar-refractivity contribution >= 4 is 5.96 Å². The summed E-state index contributed by atoms with van der Waals surface area (Å²) >= 11 is 0. The summed E-state index contributed by atoms with van der Waals surface area (Å²) in [7, 11) is 0. The van der Waals surface area contributed by atoms with Gasteiger partial charge < -0.3 is 20.0 Å². The molecule has 1 aromatic carbocycles. The van der Waals surface area contributed by atoms with Crippen LogP contribution < -0.4 is 10.6 Å². The van der Waals surface area contributed by atoms with Crippen molar-refractivity contribution in [3.63, 3.8) is 0 Å². The van der Waals surface area contributed by atoms with Gasteiger partial charge in [-0.3, -0.25) is 0 Å². The molecule has 0 bridgehead atoms. The lowest BCUT2D eigenvalue weighted by Gasteiger charge is -2.16. The zero-order valence-electron chi connectivity index (χ0n) is 16.4. The molecule has 2 aromatic rings. The van der Waals surface area contributed by atoms with Crippen LogP contribution in [0.15, 0.2) is 46.0 Å². The van der Waals surface area contributed by atoms with Crippen LogP contribution in [0.2, 0.25) is 0 Å². The smallest absolute Gasteiger partial charge is 0.226 e. The number of hydrogen-bond donors (Lipinski definition) is 2. The molecule has 1 fully saturated rings. The van der Waals surface area contributed by atoms with Gasteiger partial charge in [0.25, 0.3) is 0 Å². The second-order valence-electron chi connectivity index (χ2n) is 7.04. The minimum atomic E-state index is 0.498. The number of likely N-dealkylation sites (tertiary alicyclic amines) is 1. The summed E-state index contributed by atoms with van der Waals surface area (Å²) in [6.45, 7) is 10.2. The van der Waals surface area contributed by atoms with Crippen molar-refractivity contribution in [2.45, 2.75) is 33.2 Å². The summed E-state index contributed by atoms with van der Waals surface area (Å²) in [6, 6.07) is 9.93. The van der Waals surface area contributed by atoms with E-state index in [0.29, 0.717) is 18.4 Å². The predicted octanol–water partition coefficient (Wildman–Crippen LogP) is 3.13. The monoisotopic (exact) mass is 369 g/mol. The number of rotatable bonds is 8. The maximum absolute atomic E-state index is 5.59. The molecule has 2 heterocycles. The predicted molar refractivity (Wildman–Crippen MR) is 110 cm³/mol. The first kappa shape index (κ1) is 19.4. The molecule has 1 unspecified atom stereocenters. The Morgan fingerprint density at radius 1 is 1.26 bits per heavy atom. The SMILES string of the molecule is CCCN1CCC(CNC(=NCc2coc(-c3ccccc3)n2)NCC)C1. The van der Waals surface area contributed by atoms with Gasteiger partial charge in [0, 0.05) is 25.2 Å². The molecule has 0 radical (unpaired) electrons. The third kappa shape index (κ3) is 5.82. The van der Waals surface area contributed by atoms with Crippen molar-refractivity contribution in [2.24, 2.45) is 10.9 Å². The van der Waals surface area contributed by atoms with E-state index in [0.717, 1.165) is 30.3 Å². The highest BCUT2D eigenvalue weighted by atomic mass is 16.3. The first-order chi connectivity index (χ1) is 13.3. The second-order valence-corrected chi connectivity index (χ2v) is 7.04. The zero-order chi connectivity index (χ0) is 18.9. The summed E-state index contributed by atoms with van der Waals surface area (Å²) in [4.78, 5) is 11.8. The molecule has 0 saturated carbocycles. The van der Waals surface area contributed by atoms with Crippen LogP contribution in [-0.4, -0.2) is 48.6 Å². The van der Waals surface area contributed by atoms with Crippen molar-refractivity contribution in [2.75, 3.05) is 32.7 Å². The molecular formula is C21H31N5O. The van der Waals surface area contributed by atoms with E-state index in [1.807, 2.05) is 30.3 Å². The Bertz CT molecular complexity index is 712. The van der Waals surface area contributed by atoms with Gasteiger partial charge in [0.15, 0.2) is 5.96 Å². The van der Waals surface area contributed by atoms with Crippen molar-refractivity contribution in [3.8, 4) is 11.5 Å². The van der Waals surface area contributed by atoms with Gasteiger partial charge in [-0.25, -0.2) is 9.98 Å². The molecule has 1 aliphatic heterocycles. The van der Waals surface area contributed by atoms with Crippen molar-refractivity contribution in [1.29, 1.82) is 0 Å². The lowest BCUT2D eigenvalue weighted by Crippen LogP contribution is -2.40. The van der Waals surface area contributed by atoms with E-state index in [1.54, 1.807) is 6.26 Å². The van der Waals surface area contributed by atoms with Crippen molar-refractivity contribution in [1.82, 2.24) is 20.5 Å². The molecule has 1 aliphatic rings. The van der Waals surface area contributed by atoms with E-state index in [9.17, 15) is 0 Å². The maximum Gasteiger partial charge on any atom is 0.226 e. The largest absolute Gasteiger partial charge is 0.444 e. The first-order valence-corrected chi connectivity index (χ1v) is 10.0. The van der Waals surface area contributed by atoms with Gasteiger partial charge in [-0.2, -0.15) is 0 Å². The minimum absolute atomic E-state index is 0.498. The maximum atomic E-state index is 5.59. The number of aliphatic imine (C=N–C) groups is 1. The number of benzene rings is 1. The summed E-state index contributed by atoms with van der Waals surface area (Å²) in [5.74, 6) is 2.17. The van der Waals surface area contributed by atoms with E-state index in [2.05, 4.69) is 39.4 Å². The third-order valence-electron chi connectivity index (χ3n) is 4.78. The lowest BCUT2D eigenvalue weighted by atomic mass is 10.1. The summed E-state index contributed by atoms with van der Waals surface area (Å²) < 4.78 is 5.59. The molecule has 27 heavy (non-hydrogen) atoms. The Labute approximate surface area is 162 Å². The standard InChI is InChI=1S/C21H31N5O/c1-3-11-26-12-10-17(15-26)13-23-21(22-4-2)24-14-19-16-27-20(25-19)18-8-6-5-7-9-18/h5-9,16-17H,3-4,10-15H2,1-2H3,(H2,22,23,24). The summed E-state index contributed by atoms with van der Waals surface area (Å²) in [5.41, 5.74) is 1.82. The highest BCUT2D eigenvalue weighted by molar-refractivity contribution is 5.79. The molecule has 3 rings (SSSR count). The fraction of sp³-hybridized carbons (Fsp3) is 0.524. The molecule has 6 nitrogen and oxygen atoms in total. The molecule has 0 spiro atoms. The van der Waals surface area contributed by atoms with Crippen LogP contribution in [0.5, 0.6) is 0 Å². The van der Waals surface area contributed by atoms with Gasteiger partial charge in [0.1, 0.15) is 12.0 Å². The van der Waals surface area contributed by atoms with Crippen LogP contribution in [0.3, 0.4) is 0 Å². The van der Waals surface area contributed by atoms with E-state index in [1.165, 1.54) is 32.5 Å². The van der Waals surface area contributed by atoms with Crippen molar-refractivity contribution in [3.05, 3.63) is 42.3 Å². The molecule has 0 amide bonds. The molecule has 6 heteroatoms. The topological polar surface area (TPSA) is 65.7 Å². The number of nitrogens with zero attached hydrogens (tertiary/aromatic N) is 3. The van der Waals surface area contributed by atoms with Crippen LogP contribution in [0.25, 0.3) is 11.5 Å². The van der Waals surface area contributed by atoms with Crippen LogP contribution >= 0.6 is 0 Å². The average Bonchev–Trinajstić information content (AvgIpc) is 3.35. The molecule has 1 aromatic heterocycles. The second kappa shape index (κ2) is 10.1. The highest BCUT2D eigenvalue weighted by Gasteiger charge is 2.21. The van der Waals surface area contributed by atoms with Gasteiger partial charge in [-0.05, 0) is 50.9 Å². The molecule has 2 N–H and O–H groups in total. The Kier molecular flexibility index (Phi) is 7.27. The van der Waals surface area contributed by atoms with Gasteiger partial charge >= 0.3 is 0 Å². The molecule has 0 aliphatic carbocycles. The van der Waals surface area contributed by atoms with Crippen LogP contribution in [0, 0.1) is 5.92 Å². The highest BCUT2D eigenvalue weighted by Crippen LogP contribution is 2.18. The summed E-state index contributed by atoms with van der Waals surface area (Å²) in [6.07, 6.45) is 4.18. The van der Waals surface area contributed by atoms with Crippen LogP contribution in [-0.2, 0) is 6.54 Å². The molecule has 1 saturated heterocycles. The number of aromatic nitrogens is 1. The minimum Gasteiger partial charge on any atom is -0.444 e. The molecule has 1 atom stereocenters. The van der Waals surface area contributed by atoms with Crippen molar-refractivity contribution < 1.29 is 4.42 Å². The Morgan fingerprint density at radius 3 is 2.89 bits per heavy atom. The van der Waals surface area contributed by atoms with Gasteiger partial charge in [0.2, 0.25) is 5.89 Å². The van der Waals surface area contributed by atoms with Crippen LogP contribution in [0.1, 0.15) is 32.4 Å². The van der Waals surface area contributed by atoms with E-state index < -0.39 is 0 Å². The van der Waals surface area contributed by atoms with Gasteiger partial charge in [0.05, 0.1) is 6.54 Å². The molecule has 146 valence electrons. The van der Waals surface area contributed by atoms with E-state index in [-0.39, 0.29) is 0 Å². The lowest BCUT2D eigenvalue weighted by molar-refractivity contribution is 0.324. The number of hydrogen-bond acceptors (Lipinski definition) is 4. The van der Waals surface area contributed by atoms with E-state index >= 15 is 0 Å². The van der Waals surface area contributed by atoms with Gasteiger partial charge in [-0.15, -0.1) is 0 Å². The fourth-order valence-corrected chi connectivity index (χ4v) is 3.43. The van der Waals surface area contributed by atoms with Crippen LogP contribution in [0.4, 0.5) is 0 Å². The van der Waals surface area contributed by atoms with Gasteiger partial charge in [-0.1, -0.05) is 25.1 Å². The summed E-state index contributed by atoms with van der Waals surface area (Å²) in [5, 5.41) is 6.81. The average molecular weight is 370 g/mol. The normalized spacial score (nSPS) is 18.0. The number of oxazole rings is 1. The third-order valence-corrected chi connectivity index (χ3v) is 4.78. The molecular weight excluding hydrogens is 338 g/mol. The Hall–Kier alpha value is -2.34. The first-order valence-electron chi connectivity index (χ1n) is 10.0. The Morgan fingerprint density at radius 2 is 2.11 bits per heavy atom. The fourth-order valence-electron chi connectivity index (χ4n) is 3.43. The number of nitrogens with one attached hydrogen (secondary N) is 2. The Balaban J connectivity index is 1.52.